The normalized spacial score (nSPS) is 27.6. The Morgan fingerprint density at radius 3 is 2.68 bits per heavy atom. The number of amides is 2. The van der Waals surface area contributed by atoms with E-state index in [1.54, 1.807) is 37.3 Å². The van der Waals surface area contributed by atoms with Crippen LogP contribution in [0.15, 0.2) is 58.4 Å². The van der Waals surface area contributed by atoms with Gasteiger partial charge in [-0.1, -0.05) is 56.7 Å². The lowest BCUT2D eigenvalue weighted by Gasteiger charge is -2.27. The number of hydrogen-bond donors (Lipinski definition) is 2. The zero-order valence-corrected chi connectivity index (χ0v) is 22.2. The molecule has 1 aromatic rings. The van der Waals surface area contributed by atoms with Gasteiger partial charge in [0.2, 0.25) is 11.8 Å². The second-order valence-electron chi connectivity index (χ2n) is 9.84. The maximum absolute atomic E-state index is 13.1. The average molecular weight is 526 g/mol. The predicted molar refractivity (Wildman–Crippen MR) is 139 cm³/mol. The Bertz CT molecular complexity index is 1170. The molecule has 0 aromatic carbocycles. The Balaban J connectivity index is 1.86. The number of fused-ring (bicyclic) bond motifs is 3. The van der Waals surface area contributed by atoms with Gasteiger partial charge < -0.3 is 24.5 Å². The molecule has 2 amide bonds. The van der Waals surface area contributed by atoms with E-state index in [1.165, 1.54) is 11.0 Å². The molecule has 38 heavy (non-hydrogen) atoms. The first-order valence-corrected chi connectivity index (χ1v) is 12.7. The van der Waals surface area contributed by atoms with Crippen LogP contribution in [0.1, 0.15) is 56.9 Å². The lowest BCUT2D eigenvalue weighted by molar-refractivity contribution is -0.149. The standard InChI is InChI=1S/C28H35N3O7/c1-17(2)26-19(4)9-10-24(34)29-11-5-7-18(3)13-20(32)14-21(33)15-25-30-22(16-37-25)27(35)31-12-6-8-23(31)28(36)38-26/h5,7-10,13,16-17,19-20,26,32H,6,11-12,14-15H2,1-4H3,(H,29,34)/b7-5-,10-9-,18-13+/t19-,20-,26-/m1/s1. The molecule has 0 saturated carbocycles. The van der Waals surface area contributed by atoms with Crippen molar-refractivity contribution in [1.82, 2.24) is 15.2 Å². The molecule has 0 unspecified atom stereocenters. The number of aliphatic hydroxyl groups is 1. The van der Waals surface area contributed by atoms with Crippen molar-refractivity contribution >= 4 is 23.6 Å². The number of rotatable bonds is 1. The Kier molecular flexibility index (Phi) is 9.95. The van der Waals surface area contributed by atoms with Crippen LogP contribution in [-0.4, -0.2) is 63.9 Å². The number of aromatic nitrogens is 1. The molecular weight excluding hydrogens is 490 g/mol. The molecule has 0 spiro atoms. The van der Waals surface area contributed by atoms with Crippen LogP contribution in [0.3, 0.4) is 0 Å². The van der Waals surface area contributed by atoms with Gasteiger partial charge in [0.15, 0.2) is 5.69 Å². The summed E-state index contributed by atoms with van der Waals surface area (Å²) < 4.78 is 11.1. The Hall–Kier alpha value is -3.79. The third-order valence-corrected chi connectivity index (χ3v) is 6.19. The predicted octanol–water partition coefficient (Wildman–Crippen LogP) is 2.66. The van der Waals surface area contributed by atoms with Gasteiger partial charge in [-0.25, -0.2) is 9.78 Å². The van der Waals surface area contributed by atoms with Crippen molar-refractivity contribution in [3.05, 3.63) is 65.6 Å². The Morgan fingerprint density at radius 2 is 1.95 bits per heavy atom. The summed E-state index contributed by atoms with van der Waals surface area (Å²) in [5, 5.41) is 13.0. The summed E-state index contributed by atoms with van der Waals surface area (Å²) in [6.07, 6.45) is 9.48. The summed E-state index contributed by atoms with van der Waals surface area (Å²) in [6, 6.07) is 0. The number of carbonyl (C=O) groups excluding carboxylic acids is 4. The Labute approximate surface area is 222 Å². The van der Waals surface area contributed by atoms with E-state index < -0.39 is 24.1 Å². The molecule has 10 heteroatoms. The van der Waals surface area contributed by atoms with Crippen LogP contribution in [0, 0.1) is 11.8 Å². The number of nitrogens with zero attached hydrogens (tertiary/aromatic N) is 2. The van der Waals surface area contributed by atoms with Crippen LogP contribution in [0.2, 0.25) is 0 Å². The highest BCUT2D eigenvalue weighted by Crippen LogP contribution is 2.24. The summed E-state index contributed by atoms with van der Waals surface area (Å²) in [5.41, 5.74) is 0.809. The fourth-order valence-electron chi connectivity index (χ4n) is 4.33. The lowest BCUT2D eigenvalue weighted by Crippen LogP contribution is -2.36. The van der Waals surface area contributed by atoms with E-state index in [9.17, 15) is 24.3 Å². The van der Waals surface area contributed by atoms with Crippen molar-refractivity contribution in [2.75, 3.05) is 13.1 Å². The molecule has 0 fully saturated rings. The monoisotopic (exact) mass is 525 g/mol. The van der Waals surface area contributed by atoms with Gasteiger partial charge >= 0.3 is 5.97 Å². The highest BCUT2D eigenvalue weighted by Gasteiger charge is 2.33. The van der Waals surface area contributed by atoms with Gasteiger partial charge in [0.25, 0.3) is 5.91 Å². The van der Waals surface area contributed by atoms with E-state index in [1.807, 2.05) is 20.8 Å². The second kappa shape index (κ2) is 13.1. The van der Waals surface area contributed by atoms with Gasteiger partial charge in [-0.3, -0.25) is 14.4 Å². The number of oxazole rings is 1. The number of hydrogen-bond acceptors (Lipinski definition) is 8. The van der Waals surface area contributed by atoms with Crippen molar-refractivity contribution in [2.45, 2.75) is 59.2 Å². The molecule has 2 aliphatic heterocycles. The minimum Gasteiger partial charge on any atom is -0.457 e. The number of allylic oxidation sites excluding steroid dienone is 2. The first-order valence-electron chi connectivity index (χ1n) is 12.7. The molecule has 0 radical (unpaired) electrons. The highest BCUT2D eigenvalue weighted by molar-refractivity contribution is 6.00. The smallest absolute Gasteiger partial charge is 0.355 e. The summed E-state index contributed by atoms with van der Waals surface area (Å²) in [4.78, 5) is 56.3. The maximum Gasteiger partial charge on any atom is 0.355 e. The molecule has 0 aliphatic carbocycles. The maximum atomic E-state index is 13.1. The SMILES string of the molecule is CC1=C\[C@@H](O)CC(=O)Cc2nc(co2)C(=O)N2CCC=C2C(=O)O[C@H](C(C)C)[C@H](C)/C=C\C(=O)NC/C=C\1. The van der Waals surface area contributed by atoms with Crippen molar-refractivity contribution in [1.29, 1.82) is 0 Å². The molecule has 204 valence electrons. The topological polar surface area (TPSA) is 139 Å². The van der Waals surface area contributed by atoms with Gasteiger partial charge in [0, 0.05) is 25.4 Å². The van der Waals surface area contributed by atoms with Crippen LogP contribution in [0.25, 0.3) is 0 Å². The number of ketones is 1. The number of nitrogens with one attached hydrogen (secondary N) is 1. The third kappa shape index (κ3) is 7.85. The lowest BCUT2D eigenvalue weighted by atomic mass is 9.94. The van der Waals surface area contributed by atoms with E-state index in [-0.39, 0.29) is 66.7 Å². The summed E-state index contributed by atoms with van der Waals surface area (Å²) >= 11 is 0. The fraction of sp³-hybridized carbons (Fsp3) is 0.464. The molecule has 10 nitrogen and oxygen atoms in total. The molecular formula is C28H35N3O7. The molecule has 1 aromatic heterocycles. The minimum absolute atomic E-state index is 0.0315. The van der Waals surface area contributed by atoms with Crippen LogP contribution in [-0.2, 0) is 25.5 Å². The molecule has 0 saturated heterocycles. The number of ether oxygens (including phenoxy) is 1. The van der Waals surface area contributed by atoms with Crippen LogP contribution in [0.5, 0.6) is 0 Å². The van der Waals surface area contributed by atoms with Gasteiger partial charge in [-0.15, -0.1) is 0 Å². The van der Waals surface area contributed by atoms with Crippen molar-refractivity contribution in [3.8, 4) is 0 Å². The molecule has 3 rings (SSSR count). The first-order chi connectivity index (χ1) is 18.0. The van der Waals surface area contributed by atoms with Crippen molar-refractivity contribution in [2.24, 2.45) is 11.8 Å². The first kappa shape index (κ1) is 28.8. The minimum atomic E-state index is -1.01. The van der Waals surface area contributed by atoms with Crippen molar-refractivity contribution < 1.29 is 33.4 Å². The van der Waals surface area contributed by atoms with Crippen LogP contribution in [0.4, 0.5) is 0 Å². The third-order valence-electron chi connectivity index (χ3n) is 6.19. The van der Waals surface area contributed by atoms with Crippen molar-refractivity contribution in [3.63, 3.8) is 0 Å². The average Bonchev–Trinajstić information content (AvgIpc) is 3.52. The van der Waals surface area contributed by atoms with E-state index in [2.05, 4.69) is 10.3 Å². The molecule has 3 heterocycles. The van der Waals surface area contributed by atoms with Crippen LogP contribution >= 0.6 is 0 Å². The van der Waals surface area contributed by atoms with Gasteiger partial charge in [-0.05, 0) is 25.3 Å². The molecule has 2 bridgehead atoms. The van der Waals surface area contributed by atoms with E-state index in [0.29, 0.717) is 6.42 Å². The summed E-state index contributed by atoms with van der Waals surface area (Å²) in [7, 11) is 0. The molecule has 2 aliphatic rings. The number of esters is 1. The number of cyclic esters (lactones) is 1. The number of aliphatic hydroxyl groups excluding tert-OH is 1. The van der Waals surface area contributed by atoms with Gasteiger partial charge in [0.1, 0.15) is 23.8 Å². The fourth-order valence-corrected chi connectivity index (χ4v) is 4.33. The largest absolute Gasteiger partial charge is 0.457 e. The van der Waals surface area contributed by atoms with E-state index in [4.69, 9.17) is 9.15 Å². The van der Waals surface area contributed by atoms with Crippen LogP contribution < -0.4 is 5.32 Å². The Morgan fingerprint density at radius 1 is 1.18 bits per heavy atom. The second-order valence-corrected chi connectivity index (χ2v) is 9.84. The summed E-state index contributed by atoms with van der Waals surface area (Å²) in [6.45, 7) is 8.00. The van der Waals surface area contributed by atoms with Gasteiger partial charge in [0.05, 0.1) is 12.5 Å². The highest BCUT2D eigenvalue weighted by atomic mass is 16.5. The summed E-state index contributed by atoms with van der Waals surface area (Å²) in [5.74, 6) is -2.07. The van der Waals surface area contributed by atoms with E-state index >= 15 is 0 Å². The number of Topliss-reactive ketones (excluding diaryl/α,β-unsaturated/α-hetero) is 1. The molecule has 2 N–H and O–H groups in total. The molecule has 3 atom stereocenters. The zero-order chi connectivity index (χ0) is 27.8. The van der Waals surface area contributed by atoms with Gasteiger partial charge in [-0.2, -0.15) is 0 Å². The quantitative estimate of drug-likeness (QED) is 0.534. The van der Waals surface area contributed by atoms with E-state index in [0.717, 1.165) is 11.8 Å². The zero-order valence-electron chi connectivity index (χ0n) is 22.2. The number of carbonyl (C=O) groups is 4.